The highest BCUT2D eigenvalue weighted by Crippen LogP contribution is 2.24. The highest BCUT2D eigenvalue weighted by Gasteiger charge is 2.26. The second-order valence-electron chi connectivity index (χ2n) is 5.20. The van der Waals surface area contributed by atoms with Crippen LogP contribution in [0.2, 0.25) is 0 Å². The number of rotatable bonds is 8. The molecular formula is C15H21BrF3NO. The van der Waals surface area contributed by atoms with Gasteiger partial charge in [0.15, 0.2) is 0 Å². The maximum Gasteiger partial charge on any atom is 0.389 e. The van der Waals surface area contributed by atoms with Crippen molar-refractivity contribution in [1.82, 2.24) is 5.32 Å². The van der Waals surface area contributed by atoms with E-state index in [9.17, 15) is 13.2 Å². The average Bonchev–Trinajstić information content (AvgIpc) is 2.36. The zero-order chi connectivity index (χ0) is 15.9. The SMILES string of the molecule is CC(C)NCC(OCCCC(F)(F)F)c1cccc(Br)c1. The molecule has 1 rings (SSSR count). The van der Waals surface area contributed by atoms with E-state index in [4.69, 9.17) is 4.74 Å². The molecule has 0 saturated carbocycles. The van der Waals surface area contributed by atoms with Crippen molar-refractivity contribution in [2.24, 2.45) is 0 Å². The number of halogens is 4. The Morgan fingerprint density at radius 1 is 1.29 bits per heavy atom. The summed E-state index contributed by atoms with van der Waals surface area (Å²) in [6.07, 6.45) is -5.20. The van der Waals surface area contributed by atoms with Crippen LogP contribution in [-0.4, -0.2) is 25.4 Å². The molecule has 0 amide bonds. The zero-order valence-electron chi connectivity index (χ0n) is 12.2. The predicted molar refractivity (Wildman–Crippen MR) is 81.3 cm³/mol. The van der Waals surface area contributed by atoms with Crippen LogP contribution >= 0.6 is 15.9 Å². The first kappa shape index (κ1) is 18.5. The van der Waals surface area contributed by atoms with Gasteiger partial charge in [-0.3, -0.25) is 0 Å². The van der Waals surface area contributed by atoms with Gasteiger partial charge in [0.1, 0.15) is 0 Å². The largest absolute Gasteiger partial charge is 0.389 e. The molecule has 0 aliphatic rings. The van der Waals surface area contributed by atoms with E-state index in [1.807, 2.05) is 38.1 Å². The van der Waals surface area contributed by atoms with Crippen molar-refractivity contribution >= 4 is 15.9 Å². The van der Waals surface area contributed by atoms with Crippen LogP contribution in [0.5, 0.6) is 0 Å². The molecule has 21 heavy (non-hydrogen) atoms. The minimum atomic E-state index is -4.12. The molecule has 6 heteroatoms. The Morgan fingerprint density at radius 2 is 2.00 bits per heavy atom. The molecule has 0 aromatic heterocycles. The third-order valence-corrected chi connectivity index (χ3v) is 3.35. The van der Waals surface area contributed by atoms with E-state index in [0.29, 0.717) is 12.6 Å². The molecule has 1 unspecified atom stereocenters. The number of ether oxygens (including phenoxy) is 1. The van der Waals surface area contributed by atoms with Gasteiger partial charge in [-0.2, -0.15) is 13.2 Å². The second-order valence-corrected chi connectivity index (χ2v) is 6.11. The lowest BCUT2D eigenvalue weighted by molar-refractivity contribution is -0.138. The first-order valence-electron chi connectivity index (χ1n) is 6.95. The first-order chi connectivity index (χ1) is 9.78. The molecule has 0 fully saturated rings. The van der Waals surface area contributed by atoms with Gasteiger partial charge >= 0.3 is 6.18 Å². The highest BCUT2D eigenvalue weighted by molar-refractivity contribution is 9.10. The fourth-order valence-corrected chi connectivity index (χ4v) is 2.24. The molecule has 0 saturated heterocycles. The summed E-state index contributed by atoms with van der Waals surface area (Å²) in [6, 6.07) is 7.93. The van der Waals surface area contributed by atoms with E-state index in [0.717, 1.165) is 10.0 Å². The summed E-state index contributed by atoms with van der Waals surface area (Å²) in [7, 11) is 0. The molecule has 1 N–H and O–H groups in total. The highest BCUT2D eigenvalue weighted by atomic mass is 79.9. The Kier molecular flexibility index (Phi) is 7.70. The van der Waals surface area contributed by atoms with Crippen molar-refractivity contribution in [1.29, 1.82) is 0 Å². The van der Waals surface area contributed by atoms with Crippen LogP contribution in [0.25, 0.3) is 0 Å². The molecule has 120 valence electrons. The summed E-state index contributed by atoms with van der Waals surface area (Å²) >= 11 is 3.39. The minimum Gasteiger partial charge on any atom is -0.372 e. The van der Waals surface area contributed by atoms with Crippen molar-refractivity contribution < 1.29 is 17.9 Å². The van der Waals surface area contributed by atoms with Crippen LogP contribution in [0.3, 0.4) is 0 Å². The van der Waals surface area contributed by atoms with Gasteiger partial charge in [0.25, 0.3) is 0 Å². The van der Waals surface area contributed by atoms with Crippen molar-refractivity contribution in [2.75, 3.05) is 13.2 Å². The molecule has 0 heterocycles. The summed E-state index contributed by atoms with van der Waals surface area (Å²) in [4.78, 5) is 0. The fourth-order valence-electron chi connectivity index (χ4n) is 1.82. The Balaban J connectivity index is 2.56. The van der Waals surface area contributed by atoms with E-state index in [1.165, 1.54) is 0 Å². The number of alkyl halides is 3. The van der Waals surface area contributed by atoms with Crippen molar-refractivity contribution in [3.8, 4) is 0 Å². The monoisotopic (exact) mass is 367 g/mol. The first-order valence-corrected chi connectivity index (χ1v) is 7.74. The number of hydrogen-bond donors (Lipinski definition) is 1. The topological polar surface area (TPSA) is 21.3 Å². The van der Waals surface area contributed by atoms with Crippen LogP contribution < -0.4 is 5.32 Å². The maximum atomic E-state index is 12.1. The smallest absolute Gasteiger partial charge is 0.372 e. The second kappa shape index (κ2) is 8.76. The molecular weight excluding hydrogens is 347 g/mol. The van der Waals surface area contributed by atoms with Gasteiger partial charge in [-0.15, -0.1) is 0 Å². The van der Waals surface area contributed by atoms with Crippen molar-refractivity contribution in [3.05, 3.63) is 34.3 Å². The van der Waals surface area contributed by atoms with Crippen LogP contribution in [0, 0.1) is 0 Å². The molecule has 0 aliphatic carbocycles. The third-order valence-electron chi connectivity index (χ3n) is 2.86. The van der Waals surface area contributed by atoms with Crippen LogP contribution in [0.4, 0.5) is 13.2 Å². The Morgan fingerprint density at radius 3 is 2.57 bits per heavy atom. The number of nitrogens with one attached hydrogen (secondary N) is 1. The zero-order valence-corrected chi connectivity index (χ0v) is 13.8. The van der Waals surface area contributed by atoms with Crippen molar-refractivity contribution in [2.45, 2.75) is 45.0 Å². The molecule has 1 aromatic carbocycles. The van der Waals surface area contributed by atoms with Crippen LogP contribution in [-0.2, 0) is 4.74 Å². The molecule has 0 bridgehead atoms. The Hall–Kier alpha value is -0.590. The van der Waals surface area contributed by atoms with Gasteiger partial charge in [-0.25, -0.2) is 0 Å². The maximum absolute atomic E-state index is 12.1. The molecule has 1 atom stereocenters. The summed E-state index contributed by atoms with van der Waals surface area (Å²) < 4.78 is 43.0. The molecule has 1 aromatic rings. The molecule has 0 radical (unpaired) electrons. The van der Waals surface area contributed by atoms with Gasteiger partial charge in [-0.05, 0) is 24.1 Å². The molecule has 0 spiro atoms. The lowest BCUT2D eigenvalue weighted by atomic mass is 10.1. The lowest BCUT2D eigenvalue weighted by Gasteiger charge is -2.21. The number of benzene rings is 1. The minimum absolute atomic E-state index is 0.0182. The van der Waals surface area contributed by atoms with Gasteiger partial charge in [0, 0.05) is 30.1 Å². The van der Waals surface area contributed by atoms with E-state index in [1.54, 1.807) is 0 Å². The Labute approximate surface area is 132 Å². The predicted octanol–water partition coefficient (Wildman–Crippen LogP) is 4.85. The van der Waals surface area contributed by atoms with E-state index in [-0.39, 0.29) is 19.1 Å². The fraction of sp³-hybridized carbons (Fsp3) is 0.600. The van der Waals surface area contributed by atoms with Crippen LogP contribution in [0.15, 0.2) is 28.7 Å². The lowest BCUT2D eigenvalue weighted by Crippen LogP contribution is -2.29. The van der Waals surface area contributed by atoms with Gasteiger partial charge in [0.2, 0.25) is 0 Å². The molecule has 0 aliphatic heterocycles. The van der Waals surface area contributed by atoms with Gasteiger partial charge in [0.05, 0.1) is 6.10 Å². The van der Waals surface area contributed by atoms with E-state index >= 15 is 0 Å². The summed E-state index contributed by atoms with van der Waals surface area (Å²) in [5.74, 6) is 0. The Bertz CT molecular complexity index is 424. The normalized spacial score (nSPS) is 13.7. The standard InChI is InChI=1S/C15H21BrF3NO/c1-11(2)20-10-14(12-5-3-6-13(16)9-12)21-8-4-7-15(17,18)19/h3,5-6,9,11,14,20H,4,7-8,10H2,1-2H3. The average molecular weight is 368 g/mol. The summed E-state index contributed by atoms with van der Waals surface area (Å²) in [6.45, 7) is 4.69. The van der Waals surface area contributed by atoms with Crippen LogP contribution in [0.1, 0.15) is 38.4 Å². The summed E-state index contributed by atoms with van der Waals surface area (Å²) in [5.41, 5.74) is 0.949. The van der Waals surface area contributed by atoms with E-state index < -0.39 is 12.6 Å². The van der Waals surface area contributed by atoms with Gasteiger partial charge < -0.3 is 10.1 Å². The number of hydrogen-bond acceptors (Lipinski definition) is 2. The quantitative estimate of drug-likeness (QED) is 0.663. The van der Waals surface area contributed by atoms with Gasteiger partial charge in [-0.1, -0.05) is 41.9 Å². The molecule has 2 nitrogen and oxygen atoms in total. The third kappa shape index (κ3) is 8.44. The van der Waals surface area contributed by atoms with Crippen molar-refractivity contribution in [3.63, 3.8) is 0 Å². The summed E-state index contributed by atoms with van der Waals surface area (Å²) in [5, 5.41) is 3.26. The van der Waals surface area contributed by atoms with E-state index in [2.05, 4.69) is 21.2 Å².